The van der Waals surface area contributed by atoms with Gasteiger partial charge in [-0.1, -0.05) is 28.1 Å². The van der Waals surface area contributed by atoms with Crippen molar-refractivity contribution in [1.29, 1.82) is 0 Å². The van der Waals surface area contributed by atoms with Gasteiger partial charge in [-0.05, 0) is 53.4 Å². The molecule has 2 N–H and O–H groups in total. The molecule has 0 bridgehead atoms. The highest BCUT2D eigenvalue weighted by atomic mass is 79.9. The molecule has 1 aromatic rings. The number of aryl methyl sites for hydroxylation is 1. The largest absolute Gasteiger partial charge is 0.393 e. The van der Waals surface area contributed by atoms with Gasteiger partial charge in [0.25, 0.3) is 0 Å². The van der Waals surface area contributed by atoms with E-state index in [1.54, 1.807) is 12.1 Å². The highest BCUT2D eigenvalue weighted by molar-refractivity contribution is 9.11. The Kier molecular flexibility index (Phi) is 5.46. The summed E-state index contributed by atoms with van der Waals surface area (Å²) in [7, 11) is -3.51. The molecule has 0 radical (unpaired) electrons. The number of thiocarbonyl (C=S) groups is 1. The van der Waals surface area contributed by atoms with Crippen LogP contribution in [0, 0.1) is 12.8 Å². The minimum atomic E-state index is -3.51. The second-order valence-electron chi connectivity index (χ2n) is 5.11. The SMILES string of the molecule is Cc1cc(Br)c(S(=O)(=O)N2CCC(C(N)=S)CC2)cc1Br. The van der Waals surface area contributed by atoms with E-state index in [0.29, 0.717) is 35.4 Å². The summed E-state index contributed by atoms with van der Waals surface area (Å²) in [5.41, 5.74) is 6.62. The average molecular weight is 456 g/mol. The normalized spacial score (nSPS) is 17.9. The minimum Gasteiger partial charge on any atom is -0.393 e. The number of sulfonamides is 1. The van der Waals surface area contributed by atoms with Crippen molar-refractivity contribution in [3.63, 3.8) is 0 Å². The Bertz CT molecular complexity index is 669. The van der Waals surface area contributed by atoms with Crippen LogP contribution >= 0.6 is 44.1 Å². The van der Waals surface area contributed by atoms with Gasteiger partial charge in [0, 0.05) is 28.0 Å². The molecule has 4 nitrogen and oxygen atoms in total. The molecule has 0 unspecified atom stereocenters. The smallest absolute Gasteiger partial charge is 0.244 e. The number of benzene rings is 1. The molecule has 2 rings (SSSR count). The van der Waals surface area contributed by atoms with Gasteiger partial charge in [0.05, 0.1) is 9.88 Å². The van der Waals surface area contributed by atoms with E-state index in [1.165, 1.54) is 4.31 Å². The molecule has 0 atom stereocenters. The van der Waals surface area contributed by atoms with Crippen molar-refractivity contribution in [2.45, 2.75) is 24.7 Å². The number of rotatable bonds is 3. The average Bonchev–Trinajstić information content (AvgIpc) is 2.42. The number of nitrogens with two attached hydrogens (primary N) is 1. The van der Waals surface area contributed by atoms with E-state index in [-0.39, 0.29) is 10.8 Å². The maximum absolute atomic E-state index is 12.8. The number of halogens is 2. The van der Waals surface area contributed by atoms with Crippen LogP contribution in [0.5, 0.6) is 0 Å². The lowest BCUT2D eigenvalue weighted by Gasteiger charge is -2.31. The lowest BCUT2D eigenvalue weighted by atomic mass is 9.98. The third-order valence-corrected chi connectivity index (χ3v) is 7.73. The molecule has 1 aromatic carbocycles. The number of hydrogen-bond donors (Lipinski definition) is 1. The summed E-state index contributed by atoms with van der Waals surface area (Å²) in [6.07, 6.45) is 1.36. The van der Waals surface area contributed by atoms with Crippen LogP contribution < -0.4 is 5.73 Å². The lowest BCUT2D eigenvalue weighted by molar-refractivity contribution is 0.316. The molecular formula is C13H16Br2N2O2S2. The van der Waals surface area contributed by atoms with Crippen molar-refractivity contribution in [2.75, 3.05) is 13.1 Å². The molecule has 0 spiro atoms. The van der Waals surface area contributed by atoms with Crippen molar-refractivity contribution in [3.05, 3.63) is 26.6 Å². The van der Waals surface area contributed by atoms with Gasteiger partial charge in [-0.25, -0.2) is 8.42 Å². The van der Waals surface area contributed by atoms with Crippen LogP contribution in [0.3, 0.4) is 0 Å². The van der Waals surface area contributed by atoms with Crippen molar-refractivity contribution in [3.8, 4) is 0 Å². The molecule has 1 heterocycles. The molecule has 1 aliphatic heterocycles. The summed E-state index contributed by atoms with van der Waals surface area (Å²) >= 11 is 11.7. The second-order valence-corrected chi connectivity index (χ2v) is 9.20. The Morgan fingerprint density at radius 2 is 1.86 bits per heavy atom. The van der Waals surface area contributed by atoms with Gasteiger partial charge in [0.1, 0.15) is 0 Å². The first-order chi connectivity index (χ1) is 9.73. The maximum atomic E-state index is 12.8. The second kappa shape index (κ2) is 6.62. The van der Waals surface area contributed by atoms with Gasteiger partial charge < -0.3 is 5.73 Å². The number of hydrogen-bond acceptors (Lipinski definition) is 3. The van der Waals surface area contributed by atoms with Gasteiger partial charge in [-0.3, -0.25) is 0 Å². The van der Waals surface area contributed by atoms with Crippen molar-refractivity contribution >= 4 is 59.1 Å². The van der Waals surface area contributed by atoms with Gasteiger partial charge in [0.15, 0.2) is 0 Å². The molecule has 1 aliphatic rings. The fraction of sp³-hybridized carbons (Fsp3) is 0.462. The van der Waals surface area contributed by atoms with E-state index >= 15 is 0 Å². The summed E-state index contributed by atoms with van der Waals surface area (Å²) < 4.78 is 28.4. The first-order valence-electron chi connectivity index (χ1n) is 6.48. The third-order valence-electron chi connectivity index (χ3n) is 3.69. The van der Waals surface area contributed by atoms with Crippen LogP contribution in [0.2, 0.25) is 0 Å². The fourth-order valence-electron chi connectivity index (χ4n) is 2.35. The van der Waals surface area contributed by atoms with Crippen LogP contribution in [-0.2, 0) is 10.0 Å². The summed E-state index contributed by atoms with van der Waals surface area (Å²) in [5, 5.41) is 0. The summed E-state index contributed by atoms with van der Waals surface area (Å²) in [4.78, 5) is 0.764. The summed E-state index contributed by atoms with van der Waals surface area (Å²) in [6.45, 7) is 2.81. The highest BCUT2D eigenvalue weighted by Crippen LogP contribution is 2.32. The maximum Gasteiger partial charge on any atom is 0.244 e. The van der Waals surface area contributed by atoms with Crippen LogP contribution in [0.1, 0.15) is 18.4 Å². The predicted molar refractivity (Wildman–Crippen MR) is 94.8 cm³/mol. The van der Waals surface area contributed by atoms with E-state index in [2.05, 4.69) is 31.9 Å². The molecule has 1 fully saturated rings. The van der Waals surface area contributed by atoms with Crippen molar-refractivity contribution in [2.24, 2.45) is 11.7 Å². The van der Waals surface area contributed by atoms with Gasteiger partial charge in [-0.15, -0.1) is 0 Å². The highest BCUT2D eigenvalue weighted by Gasteiger charge is 2.31. The molecule has 1 saturated heterocycles. The van der Waals surface area contributed by atoms with E-state index in [9.17, 15) is 8.42 Å². The zero-order chi connectivity index (χ0) is 15.8. The lowest BCUT2D eigenvalue weighted by Crippen LogP contribution is -2.41. The monoisotopic (exact) mass is 454 g/mol. The standard InChI is InChI=1S/C13H16Br2N2O2S2/c1-8-6-11(15)12(7-10(8)14)21(18,19)17-4-2-9(3-5-17)13(16)20/h6-7,9H,2-5H2,1H3,(H2,16,20). The van der Waals surface area contributed by atoms with E-state index in [0.717, 1.165) is 10.0 Å². The minimum absolute atomic E-state index is 0.139. The Morgan fingerprint density at radius 1 is 1.29 bits per heavy atom. The van der Waals surface area contributed by atoms with Gasteiger partial charge >= 0.3 is 0 Å². The van der Waals surface area contributed by atoms with Crippen molar-refractivity contribution < 1.29 is 8.42 Å². The molecule has 21 heavy (non-hydrogen) atoms. The quantitative estimate of drug-likeness (QED) is 0.710. The Hall–Kier alpha value is -0.0200. The molecule has 0 amide bonds. The fourth-order valence-corrected chi connectivity index (χ4v) is 5.69. The molecule has 0 aliphatic carbocycles. The zero-order valence-electron chi connectivity index (χ0n) is 11.5. The molecule has 8 heteroatoms. The topological polar surface area (TPSA) is 63.4 Å². The Morgan fingerprint density at radius 3 is 2.38 bits per heavy atom. The summed E-state index contributed by atoms with van der Waals surface area (Å²) in [6, 6.07) is 3.45. The van der Waals surface area contributed by atoms with Crippen LogP contribution in [0.25, 0.3) is 0 Å². The van der Waals surface area contributed by atoms with Crippen LogP contribution in [0.15, 0.2) is 26.0 Å². The molecule has 0 aromatic heterocycles. The van der Waals surface area contributed by atoms with Gasteiger partial charge in [-0.2, -0.15) is 4.31 Å². The zero-order valence-corrected chi connectivity index (χ0v) is 16.3. The van der Waals surface area contributed by atoms with E-state index in [1.807, 2.05) is 6.92 Å². The molecular weight excluding hydrogens is 440 g/mol. The summed E-state index contributed by atoms with van der Waals surface area (Å²) in [5.74, 6) is 0.139. The van der Waals surface area contributed by atoms with Gasteiger partial charge in [0.2, 0.25) is 10.0 Å². The Balaban J connectivity index is 2.28. The number of piperidine rings is 1. The number of nitrogens with zero attached hydrogens (tertiary/aromatic N) is 1. The van der Waals surface area contributed by atoms with Crippen LogP contribution in [-0.4, -0.2) is 30.8 Å². The molecule has 0 saturated carbocycles. The van der Waals surface area contributed by atoms with Crippen molar-refractivity contribution in [1.82, 2.24) is 4.31 Å². The first kappa shape index (κ1) is 17.3. The van der Waals surface area contributed by atoms with Crippen LogP contribution in [0.4, 0.5) is 0 Å². The first-order valence-corrected chi connectivity index (χ1v) is 9.92. The Labute approximate surface area is 147 Å². The predicted octanol–water partition coefficient (Wildman–Crippen LogP) is 3.21. The molecule has 116 valence electrons. The van der Waals surface area contributed by atoms with E-state index in [4.69, 9.17) is 18.0 Å². The van der Waals surface area contributed by atoms with E-state index < -0.39 is 10.0 Å². The third kappa shape index (κ3) is 3.67.